The molecule has 63 heavy (non-hydrogen) atoms. The zero-order valence-corrected chi connectivity index (χ0v) is 39.0. The van der Waals surface area contributed by atoms with Gasteiger partial charge in [-0.1, -0.05) is 112 Å². The van der Waals surface area contributed by atoms with Gasteiger partial charge in [-0.3, -0.25) is 19.1 Å². The van der Waals surface area contributed by atoms with Gasteiger partial charge in [0.1, 0.15) is 28.8 Å². The van der Waals surface area contributed by atoms with E-state index in [0.717, 1.165) is 56.2 Å². The van der Waals surface area contributed by atoms with Crippen molar-refractivity contribution >= 4 is 39.5 Å². The molecule has 0 spiro atoms. The van der Waals surface area contributed by atoms with Gasteiger partial charge in [-0.15, -0.1) is 11.1 Å². The van der Waals surface area contributed by atoms with E-state index in [2.05, 4.69) is 84.3 Å². The Labute approximate surface area is 371 Å². The van der Waals surface area contributed by atoms with Gasteiger partial charge in [0, 0.05) is 39.8 Å². The largest absolute Gasteiger partial charge is 0.461 e. The van der Waals surface area contributed by atoms with Crippen LogP contribution in [0.1, 0.15) is 98.1 Å². The Hall–Kier alpha value is -6.87. The molecule has 2 aliphatic heterocycles. The average Bonchev–Trinajstić information content (AvgIpc) is 3.86. The van der Waals surface area contributed by atoms with Gasteiger partial charge in [-0.05, 0) is 50.2 Å². The van der Waals surface area contributed by atoms with Crippen LogP contribution in [0.3, 0.4) is 0 Å². The van der Waals surface area contributed by atoms with E-state index in [-0.39, 0.29) is 31.0 Å². The van der Waals surface area contributed by atoms with Crippen molar-refractivity contribution in [2.45, 2.75) is 71.6 Å². The molecule has 0 N–H and O–H groups in total. The minimum absolute atomic E-state index is 0.0137. The summed E-state index contributed by atoms with van der Waals surface area (Å²) in [5, 5.41) is 0. The second kappa shape index (κ2) is 17.5. The fourth-order valence-corrected chi connectivity index (χ4v) is 8.62. The van der Waals surface area contributed by atoms with Crippen molar-refractivity contribution in [2.75, 3.05) is 13.2 Å². The summed E-state index contributed by atoms with van der Waals surface area (Å²) in [5.41, 5.74) is 17.4. The molecule has 0 amide bonds. The predicted molar refractivity (Wildman–Crippen MR) is 254 cm³/mol. The summed E-state index contributed by atoms with van der Waals surface area (Å²) in [4.78, 5) is 46.8. The summed E-state index contributed by atoms with van der Waals surface area (Å²) in [6.45, 7) is 17.3. The Morgan fingerprint density at radius 2 is 0.984 bits per heavy atom. The molecule has 2 aliphatic rings. The maximum absolute atomic E-state index is 13.7. The van der Waals surface area contributed by atoms with E-state index < -0.39 is 40.2 Å². The lowest BCUT2D eigenvalue weighted by Crippen LogP contribution is -2.16. The number of benzene rings is 4. The van der Waals surface area contributed by atoms with Crippen LogP contribution in [0.5, 0.6) is 0 Å². The molecule has 2 atom stereocenters. The predicted octanol–water partition coefficient (Wildman–Crippen LogP) is 9.74. The van der Waals surface area contributed by atoms with Crippen molar-refractivity contribution in [2.24, 2.45) is 9.98 Å². The van der Waals surface area contributed by atoms with Crippen molar-refractivity contribution < 1.29 is 19.1 Å². The van der Waals surface area contributed by atoms with Gasteiger partial charge in [0.25, 0.3) is 0 Å². The van der Waals surface area contributed by atoms with Crippen LogP contribution in [0, 0.1) is 22.9 Å². The number of ether oxygens (including phenoxy) is 2. The topological polar surface area (TPSA) is 113 Å². The van der Waals surface area contributed by atoms with Crippen LogP contribution in [-0.4, -0.2) is 71.8 Å². The molecule has 316 valence electrons. The molecule has 0 radical (unpaired) electrons. The summed E-state index contributed by atoms with van der Waals surface area (Å²) >= 11 is 0. The number of imidazole rings is 2. The summed E-state index contributed by atoms with van der Waals surface area (Å²) in [7, 11) is -3.22. The smallest absolute Gasteiger partial charge is 0.358 e. The molecule has 8 rings (SSSR count). The number of carbonyl (C=O) groups excluding carboxylic acids is 2. The Morgan fingerprint density at radius 1 is 0.587 bits per heavy atom. The zero-order valence-electron chi connectivity index (χ0n) is 37.0. The molecular weight excluding hydrogens is 817 g/mol. The van der Waals surface area contributed by atoms with Crippen LogP contribution in [0.2, 0.25) is 39.3 Å². The first-order valence-corrected chi connectivity index (χ1v) is 28.3. The van der Waals surface area contributed by atoms with Crippen LogP contribution in [-0.2, 0) is 9.47 Å². The number of fused-ring (bicyclic) bond motifs is 6. The van der Waals surface area contributed by atoms with E-state index in [1.165, 1.54) is 0 Å². The lowest BCUT2D eigenvalue weighted by atomic mass is 9.98. The van der Waals surface area contributed by atoms with E-state index in [1.807, 2.05) is 108 Å². The van der Waals surface area contributed by atoms with Gasteiger partial charge in [0.05, 0.1) is 59.5 Å². The summed E-state index contributed by atoms with van der Waals surface area (Å²) in [5.74, 6) is 5.62. The van der Waals surface area contributed by atoms with Crippen molar-refractivity contribution in [3.63, 3.8) is 0 Å². The molecule has 4 aromatic carbocycles. The van der Waals surface area contributed by atoms with Crippen LogP contribution in [0.4, 0.5) is 0 Å². The number of hydrogen-bond acceptors (Lipinski definition) is 8. The van der Waals surface area contributed by atoms with E-state index in [4.69, 9.17) is 19.5 Å². The van der Waals surface area contributed by atoms with Crippen molar-refractivity contribution in [1.82, 2.24) is 19.1 Å². The maximum atomic E-state index is 13.7. The van der Waals surface area contributed by atoms with Gasteiger partial charge < -0.3 is 9.47 Å². The Bertz CT molecular complexity index is 2730. The Balaban J connectivity index is 0.982. The number of esters is 2. The lowest BCUT2D eigenvalue weighted by Gasteiger charge is -2.13. The minimum atomic E-state index is -1.61. The normalized spacial score (nSPS) is 15.2. The number of carbonyl (C=O) groups is 2. The number of hydrogen-bond donors (Lipinski definition) is 0. The first kappa shape index (κ1) is 42.8. The third-order valence-corrected chi connectivity index (χ3v) is 12.2. The monoisotopic (exact) mass is 866 g/mol. The van der Waals surface area contributed by atoms with Crippen molar-refractivity contribution in [3.05, 3.63) is 166 Å². The van der Waals surface area contributed by atoms with Crippen LogP contribution in [0.15, 0.2) is 120 Å². The van der Waals surface area contributed by atoms with E-state index in [0.29, 0.717) is 11.4 Å². The number of rotatable bonds is 8. The Kier molecular flexibility index (Phi) is 11.9. The minimum Gasteiger partial charge on any atom is -0.461 e. The third-order valence-electron chi connectivity index (χ3n) is 10.5. The highest BCUT2D eigenvalue weighted by Crippen LogP contribution is 2.35. The summed E-state index contributed by atoms with van der Waals surface area (Å²) in [6.07, 6.45) is 3.58. The molecule has 0 saturated carbocycles. The van der Waals surface area contributed by atoms with Crippen LogP contribution < -0.4 is 0 Å². The van der Waals surface area contributed by atoms with Crippen molar-refractivity contribution in [1.29, 1.82) is 0 Å². The molecule has 2 unspecified atom stereocenters. The zero-order chi connectivity index (χ0) is 44.5. The quantitative estimate of drug-likeness (QED) is 0.0652. The van der Waals surface area contributed by atoms with Gasteiger partial charge in [0.2, 0.25) is 0 Å². The summed E-state index contributed by atoms with van der Waals surface area (Å²) in [6, 6.07) is 31.4. The molecular formula is C51H50N6O4Si2. The fourth-order valence-electron chi connectivity index (χ4n) is 7.59. The molecule has 2 aromatic heterocycles. The van der Waals surface area contributed by atoms with E-state index in [9.17, 15) is 9.59 Å². The first-order chi connectivity index (χ1) is 30.1. The van der Waals surface area contributed by atoms with E-state index >= 15 is 0 Å². The number of aromatic nitrogens is 4. The molecule has 0 aliphatic carbocycles. The second-order valence-corrected chi connectivity index (χ2v) is 27.3. The molecule has 12 heteroatoms. The van der Waals surface area contributed by atoms with Crippen molar-refractivity contribution in [3.8, 4) is 34.3 Å². The van der Waals surface area contributed by atoms with Crippen LogP contribution in [0.25, 0.3) is 11.4 Å². The highest BCUT2D eigenvalue weighted by molar-refractivity contribution is 6.84. The second-order valence-electron chi connectivity index (χ2n) is 17.8. The van der Waals surface area contributed by atoms with Gasteiger partial charge >= 0.3 is 11.9 Å². The van der Waals surface area contributed by atoms with Gasteiger partial charge in [0.15, 0.2) is 11.4 Å². The average molecular weight is 867 g/mol. The lowest BCUT2D eigenvalue weighted by molar-refractivity contribution is 0.0387. The first-order valence-electron chi connectivity index (χ1n) is 21.3. The molecule has 10 nitrogen and oxygen atoms in total. The van der Waals surface area contributed by atoms with Gasteiger partial charge in [-0.25, -0.2) is 19.6 Å². The number of nitrogens with zero attached hydrogens (tertiary/aromatic N) is 6. The highest BCUT2D eigenvalue weighted by atomic mass is 28.3. The van der Waals surface area contributed by atoms with E-state index in [1.54, 1.807) is 12.7 Å². The SMILES string of the molecule is CC1N=C(c2ccccc2)c2cc(C#C[Si](C)(C)C)ccc2-n2cnc(C(=O)OCCCOC(=O)c3ncn4c3C(C)N=C(c3ccccc3)c3cc(C#C[Si](C)(C)C)ccc3-4)c21. The molecule has 0 fully saturated rings. The molecule has 0 saturated heterocycles. The standard InChI is InChI=1S/C51H50N6O4Si2/c1-34-48-46(52-32-56(48)42-22-20-36(24-28-62(3,4)5)30-40(42)44(54-34)38-16-11-9-12-17-38)50(58)60-26-15-27-61-51(59)47-49-35(2)55-45(39-18-13-10-14-19-39)41-31-37(25-29-63(6,7)8)21-23-43(41)57(49)33-53-47/h9-14,16-23,30-35H,15,26-27H2,1-8H3. The highest BCUT2D eigenvalue weighted by Gasteiger charge is 2.31. The Morgan fingerprint density at radius 3 is 1.37 bits per heavy atom. The molecule has 6 aromatic rings. The third kappa shape index (κ3) is 9.33. The fraction of sp³-hybridized carbons (Fsp3) is 0.255. The molecule has 0 bridgehead atoms. The number of aliphatic imine (C=N–C) groups is 2. The van der Waals surface area contributed by atoms with Crippen LogP contribution >= 0.6 is 0 Å². The maximum Gasteiger partial charge on any atom is 0.358 e. The summed E-state index contributed by atoms with van der Waals surface area (Å²) < 4.78 is 15.3. The van der Waals surface area contributed by atoms with Gasteiger partial charge in [-0.2, -0.15) is 0 Å². The molecule has 4 heterocycles.